The van der Waals surface area contributed by atoms with Crippen LogP contribution in [0.15, 0.2) is 47.7 Å². The zero-order valence-electron chi connectivity index (χ0n) is 25.6. The molecule has 0 saturated carbocycles. The Morgan fingerprint density at radius 1 is 1.04 bits per heavy atom. The van der Waals surface area contributed by atoms with E-state index in [1.807, 2.05) is 24.8 Å². The Morgan fingerprint density at radius 3 is 2.38 bits per heavy atom. The topological polar surface area (TPSA) is 136 Å². The summed E-state index contributed by atoms with van der Waals surface area (Å²) in [5, 5.41) is 17.8. The molecular formula is C31H37F3N6O5. The third-order valence-corrected chi connectivity index (χ3v) is 7.25. The lowest BCUT2D eigenvalue weighted by Gasteiger charge is -2.37. The van der Waals surface area contributed by atoms with Gasteiger partial charge >= 0.3 is 18.0 Å². The quantitative estimate of drug-likeness (QED) is 0.278. The van der Waals surface area contributed by atoms with Crippen molar-refractivity contribution in [3.05, 3.63) is 76.2 Å². The Kier molecular flexibility index (Phi) is 12.8. The number of methoxy groups -OCH3 is 2. The number of amides is 4. The Labute approximate surface area is 259 Å². The third kappa shape index (κ3) is 8.31. The number of rotatable bonds is 9. The van der Waals surface area contributed by atoms with Crippen molar-refractivity contribution in [2.75, 3.05) is 51.9 Å². The van der Waals surface area contributed by atoms with Crippen LogP contribution in [0.5, 0.6) is 0 Å². The van der Waals surface area contributed by atoms with E-state index in [4.69, 9.17) is 9.47 Å². The van der Waals surface area contributed by atoms with E-state index in [0.717, 1.165) is 32.1 Å². The van der Waals surface area contributed by atoms with Crippen molar-refractivity contribution in [2.24, 2.45) is 0 Å². The molecule has 0 aromatic heterocycles. The van der Waals surface area contributed by atoms with Gasteiger partial charge in [0.05, 0.1) is 36.2 Å². The standard InChI is InChI=1S/C29H31F3N6O5.C2H6/c1-42-16-23-25(27(39)43-2)26(17-3-5-21(31)22(32)14-17)38(29(41)36-23)28(40)35-10-9-34-20-7-11-37(12-8-20)24-6-4-19(30)13-18(24)15-33;1-2/h3-6,13-14,20,26,34H,7-12,16H2,1-2H3,(H,35,40)(H,36,41);1-2H3. The van der Waals surface area contributed by atoms with Gasteiger partial charge in [-0.1, -0.05) is 19.9 Å². The summed E-state index contributed by atoms with van der Waals surface area (Å²) in [5.74, 6) is -3.72. The van der Waals surface area contributed by atoms with Gasteiger partial charge in [0.15, 0.2) is 11.6 Å². The van der Waals surface area contributed by atoms with Crippen LogP contribution in [0.4, 0.5) is 28.4 Å². The number of carbonyl (C=O) groups is 3. The number of hydrogen-bond donors (Lipinski definition) is 3. The molecule has 2 aromatic rings. The highest BCUT2D eigenvalue weighted by molar-refractivity contribution is 6.01. The van der Waals surface area contributed by atoms with E-state index < -0.39 is 41.5 Å². The molecule has 3 N–H and O–H groups in total. The molecule has 2 aliphatic rings. The van der Waals surface area contributed by atoms with E-state index in [-0.39, 0.29) is 41.6 Å². The number of carbonyl (C=O) groups excluding carboxylic acids is 3. The first-order chi connectivity index (χ1) is 21.7. The van der Waals surface area contributed by atoms with Gasteiger partial charge in [-0.3, -0.25) is 0 Å². The molecule has 1 unspecified atom stereocenters. The molecule has 2 aromatic carbocycles. The van der Waals surface area contributed by atoms with Crippen LogP contribution in [0.25, 0.3) is 0 Å². The molecule has 4 amide bonds. The molecule has 45 heavy (non-hydrogen) atoms. The number of benzene rings is 2. The molecule has 2 heterocycles. The third-order valence-electron chi connectivity index (χ3n) is 7.25. The summed E-state index contributed by atoms with van der Waals surface area (Å²) < 4.78 is 51.4. The van der Waals surface area contributed by atoms with Crippen molar-refractivity contribution in [2.45, 2.75) is 38.8 Å². The smallest absolute Gasteiger partial charge is 0.338 e. The minimum absolute atomic E-state index is 0.0219. The van der Waals surface area contributed by atoms with Crippen molar-refractivity contribution in [1.29, 1.82) is 5.26 Å². The summed E-state index contributed by atoms with van der Waals surface area (Å²) in [6, 6.07) is 5.90. The van der Waals surface area contributed by atoms with Crippen molar-refractivity contribution in [1.82, 2.24) is 20.9 Å². The minimum atomic E-state index is -1.43. The van der Waals surface area contributed by atoms with Crippen LogP contribution in [0.2, 0.25) is 0 Å². The van der Waals surface area contributed by atoms with Crippen LogP contribution in [-0.2, 0) is 14.3 Å². The molecule has 1 fully saturated rings. The Balaban J connectivity index is 0.00000271. The number of anilines is 1. The van der Waals surface area contributed by atoms with Gasteiger partial charge in [0, 0.05) is 39.3 Å². The largest absolute Gasteiger partial charge is 0.466 e. The molecule has 11 nitrogen and oxygen atoms in total. The molecule has 0 aliphatic carbocycles. The van der Waals surface area contributed by atoms with Crippen LogP contribution in [-0.4, -0.2) is 76.0 Å². The molecule has 14 heteroatoms. The van der Waals surface area contributed by atoms with E-state index in [0.29, 0.717) is 30.2 Å². The lowest BCUT2D eigenvalue weighted by atomic mass is 9.93. The summed E-state index contributed by atoms with van der Waals surface area (Å²) >= 11 is 0. The van der Waals surface area contributed by atoms with Crippen LogP contribution in [0.3, 0.4) is 0 Å². The summed E-state index contributed by atoms with van der Waals surface area (Å²) in [4.78, 5) is 41.9. The maximum atomic E-state index is 14.2. The Morgan fingerprint density at radius 2 is 1.76 bits per heavy atom. The number of piperidine rings is 1. The summed E-state index contributed by atoms with van der Waals surface area (Å²) in [6.45, 7) is 5.51. The first-order valence-corrected chi connectivity index (χ1v) is 14.5. The van der Waals surface area contributed by atoms with Crippen LogP contribution in [0.1, 0.15) is 43.9 Å². The number of nitrogens with one attached hydrogen (secondary N) is 3. The van der Waals surface area contributed by atoms with Crippen molar-refractivity contribution >= 4 is 23.7 Å². The Hall–Kier alpha value is -4.61. The van der Waals surface area contributed by atoms with E-state index in [2.05, 4.69) is 16.0 Å². The number of ether oxygens (including phenoxy) is 2. The van der Waals surface area contributed by atoms with Crippen LogP contribution >= 0.6 is 0 Å². The van der Waals surface area contributed by atoms with Crippen molar-refractivity contribution in [3.63, 3.8) is 0 Å². The molecule has 1 saturated heterocycles. The zero-order valence-corrected chi connectivity index (χ0v) is 25.6. The van der Waals surface area contributed by atoms with Gasteiger partial charge in [-0.15, -0.1) is 0 Å². The van der Waals surface area contributed by atoms with E-state index in [1.165, 1.54) is 25.3 Å². The van der Waals surface area contributed by atoms with Crippen LogP contribution in [0, 0.1) is 28.8 Å². The number of nitriles is 1. The fraction of sp³-hybridized carbons (Fsp3) is 0.419. The van der Waals surface area contributed by atoms with Crippen molar-refractivity contribution < 1.29 is 37.0 Å². The molecule has 4 rings (SSSR count). The highest BCUT2D eigenvalue weighted by Crippen LogP contribution is 2.35. The lowest BCUT2D eigenvalue weighted by molar-refractivity contribution is -0.137. The average molecular weight is 631 g/mol. The predicted molar refractivity (Wildman–Crippen MR) is 159 cm³/mol. The number of esters is 1. The summed E-state index contributed by atoms with van der Waals surface area (Å²) in [6.07, 6.45) is 1.47. The molecular weight excluding hydrogens is 593 g/mol. The number of nitrogens with zero attached hydrogens (tertiary/aromatic N) is 3. The predicted octanol–water partition coefficient (Wildman–Crippen LogP) is 4.11. The molecule has 0 radical (unpaired) electrons. The SMILES string of the molecule is CC.COCC1=C(C(=O)OC)C(c2ccc(F)c(F)c2)N(C(=O)NCCNC2CCN(c3ccc(F)cc3C#N)CC2)C(=O)N1. The lowest BCUT2D eigenvalue weighted by Crippen LogP contribution is -2.56. The number of urea groups is 2. The number of imide groups is 1. The van der Waals surface area contributed by atoms with Gasteiger partial charge in [-0.05, 0) is 48.7 Å². The zero-order chi connectivity index (χ0) is 33.1. The van der Waals surface area contributed by atoms with Gasteiger partial charge in [-0.2, -0.15) is 5.26 Å². The molecule has 0 bridgehead atoms. The summed E-state index contributed by atoms with van der Waals surface area (Å²) in [5.41, 5.74) is 0.781. The number of hydrogen-bond acceptors (Lipinski definition) is 8. The van der Waals surface area contributed by atoms with E-state index >= 15 is 0 Å². The maximum absolute atomic E-state index is 14.2. The minimum Gasteiger partial charge on any atom is -0.466 e. The average Bonchev–Trinajstić information content (AvgIpc) is 3.05. The monoisotopic (exact) mass is 630 g/mol. The van der Waals surface area contributed by atoms with Gasteiger partial charge < -0.3 is 30.3 Å². The second kappa shape index (κ2) is 16.5. The van der Waals surface area contributed by atoms with Crippen molar-refractivity contribution in [3.8, 4) is 6.07 Å². The van der Waals surface area contributed by atoms with Gasteiger partial charge in [0.2, 0.25) is 0 Å². The molecule has 2 aliphatic heterocycles. The highest BCUT2D eigenvalue weighted by Gasteiger charge is 2.43. The normalized spacial score (nSPS) is 16.8. The van der Waals surface area contributed by atoms with Gasteiger partial charge in [0.25, 0.3) is 0 Å². The second-order valence-electron chi connectivity index (χ2n) is 9.91. The molecule has 1 atom stereocenters. The van der Waals surface area contributed by atoms with E-state index in [1.54, 1.807) is 6.07 Å². The van der Waals surface area contributed by atoms with Gasteiger partial charge in [0.1, 0.15) is 17.9 Å². The second-order valence-corrected chi connectivity index (χ2v) is 9.91. The van der Waals surface area contributed by atoms with E-state index in [9.17, 15) is 32.8 Å². The fourth-order valence-electron chi connectivity index (χ4n) is 5.21. The molecule has 0 spiro atoms. The number of halogens is 3. The highest BCUT2D eigenvalue weighted by atomic mass is 19.2. The fourth-order valence-corrected chi connectivity index (χ4v) is 5.21. The van der Waals surface area contributed by atoms with Crippen LogP contribution < -0.4 is 20.9 Å². The Bertz CT molecular complexity index is 1460. The maximum Gasteiger partial charge on any atom is 0.338 e. The summed E-state index contributed by atoms with van der Waals surface area (Å²) in [7, 11) is 2.45. The van der Waals surface area contributed by atoms with Gasteiger partial charge in [-0.25, -0.2) is 32.5 Å². The molecule has 242 valence electrons. The first-order valence-electron chi connectivity index (χ1n) is 14.5. The first kappa shape index (κ1) is 34.9.